The molecule has 86 valence electrons. The number of benzene rings is 1. The maximum Gasteiger partial charge on any atom is 0.0721 e. The molecule has 1 atom stereocenters. The highest BCUT2D eigenvalue weighted by Crippen LogP contribution is 2.21. The van der Waals surface area contributed by atoms with Gasteiger partial charge in [0.15, 0.2) is 0 Å². The van der Waals surface area contributed by atoms with E-state index in [9.17, 15) is 0 Å². The van der Waals surface area contributed by atoms with Crippen LogP contribution in [0.2, 0.25) is 0 Å². The molecule has 3 heteroatoms. The summed E-state index contributed by atoms with van der Waals surface area (Å²) in [5.41, 5.74) is 8.30. The number of rotatable bonds is 3. The van der Waals surface area contributed by atoms with E-state index in [2.05, 4.69) is 31.1 Å². The largest absolute Gasteiger partial charge is 0.325 e. The van der Waals surface area contributed by atoms with E-state index in [1.807, 2.05) is 23.9 Å². The molecule has 1 unspecified atom stereocenters. The van der Waals surface area contributed by atoms with Gasteiger partial charge < -0.3 is 5.73 Å². The summed E-state index contributed by atoms with van der Waals surface area (Å²) in [5, 5.41) is 5.78. The number of para-hydroxylation sites is 1. The third kappa shape index (κ3) is 1.95. The number of hydrogen-bond acceptors (Lipinski definition) is 2. The van der Waals surface area contributed by atoms with Crippen LogP contribution in [0.1, 0.15) is 26.0 Å². The first-order valence-electron chi connectivity index (χ1n) is 5.73. The van der Waals surface area contributed by atoms with Crippen molar-refractivity contribution in [1.82, 2.24) is 9.78 Å². The van der Waals surface area contributed by atoms with Gasteiger partial charge >= 0.3 is 0 Å². The van der Waals surface area contributed by atoms with Gasteiger partial charge in [-0.25, -0.2) is 0 Å². The zero-order chi connectivity index (χ0) is 11.8. The number of fused-ring (bicyclic) bond motifs is 1. The molecule has 0 amide bonds. The topological polar surface area (TPSA) is 43.8 Å². The molecule has 16 heavy (non-hydrogen) atoms. The zero-order valence-corrected chi connectivity index (χ0v) is 10.2. The fraction of sp³-hybridized carbons (Fsp3) is 0.462. The molecule has 1 heterocycles. The molecule has 0 aliphatic heterocycles. The van der Waals surface area contributed by atoms with Crippen LogP contribution in [0.5, 0.6) is 0 Å². The predicted molar refractivity (Wildman–Crippen MR) is 67.3 cm³/mol. The summed E-state index contributed by atoms with van der Waals surface area (Å²) in [6.45, 7) is 4.20. The van der Waals surface area contributed by atoms with Crippen molar-refractivity contribution in [2.75, 3.05) is 0 Å². The number of aromatic nitrogens is 2. The molecule has 0 saturated carbocycles. The van der Waals surface area contributed by atoms with Crippen LogP contribution in [0.3, 0.4) is 0 Å². The highest BCUT2D eigenvalue weighted by Gasteiger charge is 2.20. The lowest BCUT2D eigenvalue weighted by Crippen LogP contribution is -2.37. The third-order valence-corrected chi connectivity index (χ3v) is 3.21. The Kier molecular flexibility index (Phi) is 2.72. The Bertz CT molecular complexity index is 497. The first-order valence-corrected chi connectivity index (χ1v) is 5.73. The van der Waals surface area contributed by atoms with E-state index < -0.39 is 0 Å². The van der Waals surface area contributed by atoms with Gasteiger partial charge in [-0.2, -0.15) is 5.10 Å². The van der Waals surface area contributed by atoms with Crippen LogP contribution in [-0.4, -0.2) is 15.3 Å². The number of aryl methyl sites for hydroxylation is 1. The fourth-order valence-electron chi connectivity index (χ4n) is 1.93. The molecule has 0 aliphatic rings. The van der Waals surface area contributed by atoms with Gasteiger partial charge in [-0.3, -0.25) is 4.68 Å². The molecule has 1 aromatic carbocycles. The Morgan fingerprint density at radius 3 is 2.75 bits per heavy atom. The van der Waals surface area contributed by atoms with Crippen LogP contribution >= 0.6 is 0 Å². The summed E-state index contributed by atoms with van der Waals surface area (Å²) in [5.74, 6) is 0. The van der Waals surface area contributed by atoms with Gasteiger partial charge in [0.1, 0.15) is 0 Å². The molecule has 2 aromatic rings. The van der Waals surface area contributed by atoms with Crippen LogP contribution in [-0.2, 0) is 13.5 Å². The minimum absolute atomic E-state index is 0.170. The molecule has 2 N–H and O–H groups in total. The molecule has 0 saturated heterocycles. The standard InChI is InChI=1S/C13H19N3/c1-4-13(2,14)9-11-10-7-5-6-8-12(10)16(3)15-11/h5-8H,4,9,14H2,1-3H3. The van der Waals surface area contributed by atoms with Crippen molar-refractivity contribution in [3.05, 3.63) is 30.0 Å². The van der Waals surface area contributed by atoms with E-state index in [0.717, 1.165) is 18.5 Å². The minimum atomic E-state index is -0.170. The summed E-state index contributed by atoms with van der Waals surface area (Å²) < 4.78 is 1.93. The van der Waals surface area contributed by atoms with Gasteiger partial charge in [-0.05, 0) is 19.4 Å². The van der Waals surface area contributed by atoms with E-state index in [4.69, 9.17) is 5.73 Å². The maximum atomic E-state index is 6.20. The Morgan fingerprint density at radius 1 is 1.38 bits per heavy atom. The normalized spacial score (nSPS) is 15.2. The quantitative estimate of drug-likeness (QED) is 0.857. The Balaban J connectivity index is 2.46. The van der Waals surface area contributed by atoms with Gasteiger partial charge in [0.2, 0.25) is 0 Å². The molecule has 2 rings (SSSR count). The summed E-state index contributed by atoms with van der Waals surface area (Å²) in [6.07, 6.45) is 1.78. The predicted octanol–water partition coefficient (Wildman–Crippen LogP) is 2.24. The number of nitrogens with two attached hydrogens (primary N) is 1. The molecule has 1 aromatic heterocycles. The van der Waals surface area contributed by atoms with E-state index in [1.165, 1.54) is 10.9 Å². The lowest BCUT2D eigenvalue weighted by molar-refractivity contribution is 0.444. The van der Waals surface area contributed by atoms with E-state index in [0.29, 0.717) is 0 Å². The lowest BCUT2D eigenvalue weighted by Gasteiger charge is -2.21. The monoisotopic (exact) mass is 217 g/mol. The zero-order valence-electron chi connectivity index (χ0n) is 10.2. The molecular formula is C13H19N3. The highest BCUT2D eigenvalue weighted by molar-refractivity contribution is 5.81. The van der Waals surface area contributed by atoms with Crippen LogP contribution in [0.15, 0.2) is 24.3 Å². The van der Waals surface area contributed by atoms with Crippen molar-refractivity contribution in [1.29, 1.82) is 0 Å². The second-order valence-corrected chi connectivity index (χ2v) is 4.77. The van der Waals surface area contributed by atoms with E-state index in [1.54, 1.807) is 0 Å². The lowest BCUT2D eigenvalue weighted by atomic mass is 9.93. The first kappa shape index (κ1) is 11.1. The van der Waals surface area contributed by atoms with Crippen LogP contribution < -0.4 is 5.73 Å². The molecular weight excluding hydrogens is 198 g/mol. The van der Waals surface area contributed by atoms with Crippen molar-refractivity contribution in [3.8, 4) is 0 Å². The van der Waals surface area contributed by atoms with Gasteiger partial charge in [-0.15, -0.1) is 0 Å². The number of nitrogens with zero attached hydrogens (tertiary/aromatic N) is 2. The van der Waals surface area contributed by atoms with Gasteiger partial charge in [0.25, 0.3) is 0 Å². The van der Waals surface area contributed by atoms with Gasteiger partial charge in [0.05, 0.1) is 11.2 Å². The second kappa shape index (κ2) is 3.91. The molecule has 0 aliphatic carbocycles. The third-order valence-electron chi connectivity index (χ3n) is 3.21. The Morgan fingerprint density at radius 2 is 2.06 bits per heavy atom. The average Bonchev–Trinajstić information content (AvgIpc) is 2.56. The fourth-order valence-corrected chi connectivity index (χ4v) is 1.93. The highest BCUT2D eigenvalue weighted by atomic mass is 15.3. The van der Waals surface area contributed by atoms with Crippen LogP contribution in [0.4, 0.5) is 0 Å². The van der Waals surface area contributed by atoms with Crippen LogP contribution in [0, 0.1) is 0 Å². The van der Waals surface area contributed by atoms with Crippen molar-refractivity contribution in [2.24, 2.45) is 12.8 Å². The molecule has 0 bridgehead atoms. The molecule has 3 nitrogen and oxygen atoms in total. The van der Waals surface area contributed by atoms with Crippen molar-refractivity contribution < 1.29 is 0 Å². The van der Waals surface area contributed by atoms with Crippen molar-refractivity contribution in [2.45, 2.75) is 32.2 Å². The van der Waals surface area contributed by atoms with Crippen molar-refractivity contribution >= 4 is 10.9 Å². The van der Waals surface area contributed by atoms with Crippen molar-refractivity contribution in [3.63, 3.8) is 0 Å². The first-order chi connectivity index (χ1) is 7.53. The summed E-state index contributed by atoms with van der Waals surface area (Å²) in [6, 6.07) is 8.29. The summed E-state index contributed by atoms with van der Waals surface area (Å²) in [4.78, 5) is 0. The second-order valence-electron chi connectivity index (χ2n) is 4.77. The summed E-state index contributed by atoms with van der Waals surface area (Å²) >= 11 is 0. The Labute approximate surface area is 96.2 Å². The van der Waals surface area contributed by atoms with E-state index in [-0.39, 0.29) is 5.54 Å². The molecule has 0 spiro atoms. The molecule has 0 fully saturated rings. The van der Waals surface area contributed by atoms with E-state index >= 15 is 0 Å². The maximum absolute atomic E-state index is 6.20. The number of hydrogen-bond donors (Lipinski definition) is 1. The van der Waals surface area contributed by atoms with Crippen LogP contribution in [0.25, 0.3) is 10.9 Å². The molecule has 0 radical (unpaired) electrons. The summed E-state index contributed by atoms with van der Waals surface area (Å²) in [7, 11) is 1.98. The smallest absolute Gasteiger partial charge is 0.0721 e. The van der Waals surface area contributed by atoms with Gasteiger partial charge in [-0.1, -0.05) is 25.1 Å². The van der Waals surface area contributed by atoms with Gasteiger partial charge in [0, 0.05) is 24.4 Å². The Hall–Kier alpha value is -1.35. The SMILES string of the molecule is CCC(C)(N)Cc1nn(C)c2ccccc12. The minimum Gasteiger partial charge on any atom is -0.325 e. The average molecular weight is 217 g/mol.